The van der Waals surface area contributed by atoms with Crippen LogP contribution in [0.3, 0.4) is 0 Å². The van der Waals surface area contributed by atoms with E-state index in [2.05, 4.69) is 0 Å². The fourth-order valence-electron chi connectivity index (χ4n) is 1.52. The van der Waals surface area contributed by atoms with Gasteiger partial charge in [0.15, 0.2) is 11.5 Å². The first kappa shape index (κ1) is 12.4. The predicted molar refractivity (Wildman–Crippen MR) is 63.8 cm³/mol. The van der Waals surface area contributed by atoms with Crippen molar-refractivity contribution in [3.05, 3.63) is 59.7 Å². The summed E-state index contributed by atoms with van der Waals surface area (Å²) >= 11 is 0. The number of alkyl halides is 2. The van der Waals surface area contributed by atoms with Gasteiger partial charge in [-0.15, -0.1) is 0 Å². The lowest BCUT2D eigenvalue weighted by Gasteiger charge is -2.09. The summed E-state index contributed by atoms with van der Waals surface area (Å²) in [5, 5.41) is 9.52. The number of benzene rings is 2. The Morgan fingerprint density at radius 3 is 2.44 bits per heavy atom. The highest BCUT2D eigenvalue weighted by Gasteiger charge is 2.11. The molecular formula is C14H12F2O2. The van der Waals surface area contributed by atoms with Crippen LogP contribution in [0, 0.1) is 0 Å². The first-order chi connectivity index (χ1) is 8.66. The van der Waals surface area contributed by atoms with Crippen LogP contribution in [0.4, 0.5) is 8.78 Å². The van der Waals surface area contributed by atoms with Crippen LogP contribution in [0.2, 0.25) is 0 Å². The maximum absolute atomic E-state index is 12.5. The Bertz CT molecular complexity index is 512. The molecule has 2 aromatic carbocycles. The second-order valence-corrected chi connectivity index (χ2v) is 3.80. The van der Waals surface area contributed by atoms with Gasteiger partial charge in [-0.3, -0.25) is 0 Å². The van der Waals surface area contributed by atoms with Crippen molar-refractivity contribution in [2.24, 2.45) is 0 Å². The molecule has 0 fully saturated rings. The van der Waals surface area contributed by atoms with Crippen LogP contribution in [0.5, 0.6) is 11.5 Å². The molecule has 2 aromatic rings. The summed E-state index contributed by atoms with van der Waals surface area (Å²) in [6, 6.07) is 12.8. The standard InChI is InChI=1S/C14H12F2O2/c15-14(16)11-6-7-12(17)13(8-11)18-9-10-4-2-1-3-5-10/h1-8,14,17H,9H2. The second-order valence-electron chi connectivity index (χ2n) is 3.80. The van der Waals surface area contributed by atoms with Crippen molar-refractivity contribution in [1.82, 2.24) is 0 Å². The Kier molecular flexibility index (Phi) is 3.77. The highest BCUT2D eigenvalue weighted by atomic mass is 19.3. The van der Waals surface area contributed by atoms with E-state index in [1.54, 1.807) is 0 Å². The molecule has 18 heavy (non-hydrogen) atoms. The van der Waals surface area contributed by atoms with E-state index in [0.29, 0.717) is 0 Å². The van der Waals surface area contributed by atoms with Crippen molar-refractivity contribution in [2.75, 3.05) is 0 Å². The van der Waals surface area contributed by atoms with E-state index in [1.165, 1.54) is 12.1 Å². The molecule has 0 saturated heterocycles. The zero-order chi connectivity index (χ0) is 13.0. The van der Waals surface area contributed by atoms with Gasteiger partial charge >= 0.3 is 0 Å². The van der Waals surface area contributed by atoms with Gasteiger partial charge in [0.05, 0.1) is 0 Å². The van der Waals surface area contributed by atoms with Crippen molar-refractivity contribution in [1.29, 1.82) is 0 Å². The van der Waals surface area contributed by atoms with Crippen molar-refractivity contribution in [3.63, 3.8) is 0 Å². The van der Waals surface area contributed by atoms with Gasteiger partial charge in [0.25, 0.3) is 6.43 Å². The molecule has 2 rings (SSSR count). The predicted octanol–water partition coefficient (Wildman–Crippen LogP) is 3.91. The number of rotatable bonds is 4. The van der Waals surface area contributed by atoms with Crippen molar-refractivity contribution >= 4 is 0 Å². The van der Waals surface area contributed by atoms with E-state index in [4.69, 9.17) is 4.74 Å². The number of ether oxygens (including phenoxy) is 1. The first-order valence-corrected chi connectivity index (χ1v) is 5.44. The number of phenols is 1. The number of halogens is 2. The van der Waals surface area contributed by atoms with Gasteiger partial charge in [-0.2, -0.15) is 0 Å². The van der Waals surface area contributed by atoms with Crippen molar-refractivity contribution < 1.29 is 18.6 Å². The molecule has 1 N–H and O–H groups in total. The fraction of sp³-hybridized carbons (Fsp3) is 0.143. The number of hydrogen-bond donors (Lipinski definition) is 1. The lowest BCUT2D eigenvalue weighted by Crippen LogP contribution is -1.96. The van der Waals surface area contributed by atoms with Gasteiger partial charge in [-0.25, -0.2) is 8.78 Å². The highest BCUT2D eigenvalue weighted by molar-refractivity contribution is 5.42. The Morgan fingerprint density at radius 1 is 1.06 bits per heavy atom. The minimum Gasteiger partial charge on any atom is -0.504 e. The van der Waals surface area contributed by atoms with E-state index in [1.807, 2.05) is 30.3 Å². The summed E-state index contributed by atoms with van der Waals surface area (Å²) in [7, 11) is 0. The Labute approximate surface area is 103 Å². The summed E-state index contributed by atoms with van der Waals surface area (Å²) in [4.78, 5) is 0. The molecule has 0 aromatic heterocycles. The van der Waals surface area contributed by atoms with Crippen LogP contribution >= 0.6 is 0 Å². The molecule has 0 bridgehead atoms. The molecule has 0 aliphatic rings. The number of aromatic hydroxyl groups is 1. The molecule has 0 radical (unpaired) electrons. The van der Waals surface area contributed by atoms with E-state index >= 15 is 0 Å². The van der Waals surface area contributed by atoms with Gasteiger partial charge in [0, 0.05) is 5.56 Å². The van der Waals surface area contributed by atoms with E-state index in [-0.39, 0.29) is 23.7 Å². The topological polar surface area (TPSA) is 29.5 Å². The van der Waals surface area contributed by atoms with E-state index < -0.39 is 6.43 Å². The Hall–Kier alpha value is -2.10. The summed E-state index contributed by atoms with van der Waals surface area (Å²) in [5.41, 5.74) is 0.732. The summed E-state index contributed by atoms with van der Waals surface area (Å²) < 4.78 is 30.3. The molecule has 0 spiro atoms. The van der Waals surface area contributed by atoms with Crippen molar-refractivity contribution in [3.8, 4) is 11.5 Å². The Balaban J connectivity index is 2.11. The second kappa shape index (κ2) is 5.49. The van der Waals surface area contributed by atoms with Gasteiger partial charge in [0.2, 0.25) is 0 Å². The van der Waals surface area contributed by atoms with Gasteiger partial charge in [-0.1, -0.05) is 30.3 Å². The van der Waals surface area contributed by atoms with E-state index in [9.17, 15) is 13.9 Å². The van der Waals surface area contributed by atoms with Crippen LogP contribution in [0.15, 0.2) is 48.5 Å². The lowest BCUT2D eigenvalue weighted by molar-refractivity contribution is 0.150. The van der Waals surface area contributed by atoms with Crippen LogP contribution in [0.25, 0.3) is 0 Å². The number of phenolic OH excluding ortho intramolecular Hbond substituents is 1. The molecule has 4 heteroatoms. The summed E-state index contributed by atoms with van der Waals surface area (Å²) in [6.07, 6.45) is -2.58. The van der Waals surface area contributed by atoms with Gasteiger partial charge in [0.1, 0.15) is 6.61 Å². The molecule has 0 unspecified atom stereocenters. The SMILES string of the molecule is Oc1ccc(C(F)F)cc1OCc1ccccc1. The fourth-order valence-corrected chi connectivity index (χ4v) is 1.52. The van der Waals surface area contributed by atoms with Crippen LogP contribution in [-0.2, 0) is 6.61 Å². The summed E-state index contributed by atoms with van der Waals surface area (Å²) in [6.45, 7) is 0.223. The minimum absolute atomic E-state index is 0.0663. The smallest absolute Gasteiger partial charge is 0.263 e. The maximum atomic E-state index is 12.5. The molecule has 0 aliphatic carbocycles. The molecule has 2 nitrogen and oxygen atoms in total. The quantitative estimate of drug-likeness (QED) is 0.891. The molecular weight excluding hydrogens is 238 g/mol. The zero-order valence-corrected chi connectivity index (χ0v) is 9.51. The van der Waals surface area contributed by atoms with Crippen LogP contribution < -0.4 is 4.74 Å². The summed E-state index contributed by atoms with van der Waals surface area (Å²) in [5.74, 6) is -0.0769. The van der Waals surface area contributed by atoms with Crippen LogP contribution in [-0.4, -0.2) is 5.11 Å². The maximum Gasteiger partial charge on any atom is 0.263 e. The van der Waals surface area contributed by atoms with Crippen molar-refractivity contribution in [2.45, 2.75) is 13.0 Å². The molecule has 0 aliphatic heterocycles. The van der Waals surface area contributed by atoms with E-state index in [0.717, 1.165) is 11.6 Å². The number of hydrogen-bond acceptors (Lipinski definition) is 2. The van der Waals surface area contributed by atoms with Crippen LogP contribution in [0.1, 0.15) is 17.6 Å². The highest BCUT2D eigenvalue weighted by Crippen LogP contribution is 2.31. The third-order valence-corrected chi connectivity index (χ3v) is 2.47. The third-order valence-electron chi connectivity index (χ3n) is 2.47. The molecule has 0 amide bonds. The van der Waals surface area contributed by atoms with Gasteiger partial charge < -0.3 is 9.84 Å². The molecule has 0 saturated carbocycles. The molecule has 94 valence electrons. The first-order valence-electron chi connectivity index (χ1n) is 5.44. The molecule has 0 atom stereocenters. The average Bonchev–Trinajstić information content (AvgIpc) is 2.38. The average molecular weight is 250 g/mol. The largest absolute Gasteiger partial charge is 0.504 e. The zero-order valence-electron chi connectivity index (χ0n) is 9.51. The lowest BCUT2D eigenvalue weighted by atomic mass is 10.2. The Morgan fingerprint density at radius 2 is 1.78 bits per heavy atom. The van der Waals surface area contributed by atoms with Gasteiger partial charge in [-0.05, 0) is 23.8 Å². The molecule has 0 heterocycles. The minimum atomic E-state index is -2.58. The normalized spacial score (nSPS) is 10.6. The third kappa shape index (κ3) is 2.97. The monoisotopic (exact) mass is 250 g/mol.